The maximum atomic E-state index is 12.8. The average Bonchev–Trinajstić information content (AvgIpc) is 2.80. The van der Waals surface area contributed by atoms with Crippen LogP contribution in [0.5, 0.6) is 0 Å². The van der Waals surface area contributed by atoms with Crippen LogP contribution in [0, 0.1) is 0 Å². The molecular weight excluding hydrogens is 294 g/mol. The van der Waals surface area contributed by atoms with E-state index in [1.165, 1.54) is 11.8 Å². The zero-order chi connectivity index (χ0) is 16.2. The van der Waals surface area contributed by atoms with Crippen molar-refractivity contribution in [3.63, 3.8) is 0 Å². The van der Waals surface area contributed by atoms with Crippen LogP contribution in [-0.4, -0.2) is 17.7 Å². The Labute approximate surface area is 132 Å². The Kier molecular flexibility index (Phi) is 2.60. The molecular formula is C17H13N3O3. The summed E-state index contributed by atoms with van der Waals surface area (Å²) in [5.41, 5.74) is 0.390. The summed E-state index contributed by atoms with van der Waals surface area (Å²) in [6.45, 7) is 1.38. The lowest BCUT2D eigenvalue weighted by molar-refractivity contribution is -0.127. The van der Waals surface area contributed by atoms with Crippen molar-refractivity contribution >= 4 is 29.1 Å². The second-order valence-corrected chi connectivity index (χ2v) is 5.54. The van der Waals surface area contributed by atoms with E-state index in [1.54, 1.807) is 48.5 Å². The number of anilines is 2. The predicted octanol–water partition coefficient (Wildman–Crippen LogP) is 1.59. The molecule has 6 heteroatoms. The molecule has 0 radical (unpaired) electrons. The fourth-order valence-electron chi connectivity index (χ4n) is 3.32. The number of benzene rings is 2. The number of carbonyl (C=O) groups is 3. The van der Waals surface area contributed by atoms with Crippen molar-refractivity contribution in [2.24, 2.45) is 0 Å². The van der Waals surface area contributed by atoms with Crippen LogP contribution in [0.1, 0.15) is 22.8 Å². The first-order valence-corrected chi connectivity index (χ1v) is 7.19. The third-order valence-corrected chi connectivity index (χ3v) is 4.23. The number of hydrogen-bond acceptors (Lipinski definition) is 3. The van der Waals surface area contributed by atoms with Gasteiger partial charge in [-0.2, -0.15) is 0 Å². The van der Waals surface area contributed by atoms with E-state index in [9.17, 15) is 14.4 Å². The van der Waals surface area contributed by atoms with E-state index in [0.717, 1.165) is 0 Å². The molecule has 0 bridgehead atoms. The van der Waals surface area contributed by atoms with Crippen LogP contribution in [0.25, 0.3) is 0 Å². The smallest absolute Gasteiger partial charge is 0.276 e. The van der Waals surface area contributed by atoms with E-state index in [-0.39, 0.29) is 11.8 Å². The fraction of sp³-hybridized carbons (Fsp3) is 0.118. The molecule has 2 aromatic rings. The van der Waals surface area contributed by atoms with E-state index in [0.29, 0.717) is 22.5 Å². The molecule has 23 heavy (non-hydrogen) atoms. The second-order valence-electron chi connectivity index (χ2n) is 5.54. The standard InChI is InChI=1S/C17H13N3O3/c1-10(21)20-14-9-5-2-6-11(14)15(22)19-17(20)12-7-3-4-8-13(12)18-16(17)23/h2-9H,1H3,(H,18,23)(H,19,22)/t17-/m0/s1. The number of amides is 3. The van der Waals surface area contributed by atoms with Gasteiger partial charge in [0, 0.05) is 18.2 Å². The van der Waals surface area contributed by atoms with E-state index in [4.69, 9.17) is 0 Å². The monoisotopic (exact) mass is 307 g/mol. The van der Waals surface area contributed by atoms with Crippen LogP contribution in [0.2, 0.25) is 0 Å². The lowest BCUT2D eigenvalue weighted by Gasteiger charge is -2.43. The van der Waals surface area contributed by atoms with Gasteiger partial charge in [0.1, 0.15) is 0 Å². The number of nitrogens with one attached hydrogen (secondary N) is 2. The molecule has 0 saturated heterocycles. The summed E-state index contributed by atoms with van der Waals surface area (Å²) in [5.74, 6) is -1.16. The summed E-state index contributed by atoms with van der Waals surface area (Å²) < 4.78 is 0. The minimum atomic E-state index is -1.55. The molecule has 1 atom stereocenters. The summed E-state index contributed by atoms with van der Waals surface area (Å²) in [5, 5.41) is 5.49. The minimum absolute atomic E-state index is 0.329. The number of rotatable bonds is 0. The molecule has 2 N–H and O–H groups in total. The van der Waals surface area contributed by atoms with Crippen LogP contribution in [0.15, 0.2) is 48.5 Å². The summed E-state index contributed by atoms with van der Waals surface area (Å²) in [6.07, 6.45) is 0. The van der Waals surface area contributed by atoms with Crippen molar-refractivity contribution in [3.8, 4) is 0 Å². The third-order valence-electron chi connectivity index (χ3n) is 4.23. The Morgan fingerprint density at radius 2 is 1.74 bits per heavy atom. The van der Waals surface area contributed by atoms with Crippen molar-refractivity contribution < 1.29 is 14.4 Å². The molecule has 114 valence electrons. The lowest BCUT2D eigenvalue weighted by Crippen LogP contribution is -2.66. The van der Waals surface area contributed by atoms with Crippen molar-refractivity contribution in [2.75, 3.05) is 10.2 Å². The maximum Gasteiger partial charge on any atom is 0.276 e. The van der Waals surface area contributed by atoms with Gasteiger partial charge in [-0.15, -0.1) is 0 Å². The van der Waals surface area contributed by atoms with E-state index < -0.39 is 11.6 Å². The van der Waals surface area contributed by atoms with Gasteiger partial charge in [-0.3, -0.25) is 19.3 Å². The van der Waals surface area contributed by atoms with Gasteiger partial charge in [-0.25, -0.2) is 0 Å². The van der Waals surface area contributed by atoms with Crippen LogP contribution in [-0.2, 0) is 15.3 Å². The first-order chi connectivity index (χ1) is 11.1. The normalized spacial score (nSPS) is 21.5. The summed E-state index contributed by atoms with van der Waals surface area (Å²) in [6, 6.07) is 13.8. The van der Waals surface area contributed by atoms with Gasteiger partial charge in [0.05, 0.1) is 11.3 Å². The molecule has 2 heterocycles. The Hall–Kier alpha value is -3.15. The lowest BCUT2D eigenvalue weighted by atomic mass is 9.93. The highest BCUT2D eigenvalue weighted by molar-refractivity contribution is 6.19. The van der Waals surface area contributed by atoms with Crippen molar-refractivity contribution in [3.05, 3.63) is 59.7 Å². The minimum Gasteiger partial charge on any atom is -0.322 e. The SMILES string of the molecule is CC(=O)N1c2ccccc2C(=O)N[C@]12C(=O)Nc1ccccc12. The molecule has 4 rings (SSSR count). The first-order valence-electron chi connectivity index (χ1n) is 7.19. The Morgan fingerprint density at radius 3 is 2.52 bits per heavy atom. The highest BCUT2D eigenvalue weighted by atomic mass is 16.2. The molecule has 2 aromatic carbocycles. The van der Waals surface area contributed by atoms with Gasteiger partial charge in [-0.05, 0) is 18.2 Å². The van der Waals surface area contributed by atoms with Gasteiger partial charge in [0.2, 0.25) is 11.6 Å². The summed E-state index contributed by atoms with van der Waals surface area (Å²) in [7, 11) is 0. The molecule has 2 aliphatic rings. The van der Waals surface area contributed by atoms with Gasteiger partial charge in [-0.1, -0.05) is 30.3 Å². The van der Waals surface area contributed by atoms with Crippen LogP contribution >= 0.6 is 0 Å². The molecule has 1 spiro atoms. The van der Waals surface area contributed by atoms with E-state index in [1.807, 2.05) is 0 Å². The third kappa shape index (κ3) is 1.60. The largest absolute Gasteiger partial charge is 0.322 e. The first kappa shape index (κ1) is 13.5. The molecule has 0 fully saturated rings. The molecule has 0 aliphatic carbocycles. The molecule has 2 aliphatic heterocycles. The highest BCUT2D eigenvalue weighted by Gasteiger charge is 2.57. The Morgan fingerprint density at radius 1 is 1.04 bits per heavy atom. The number of fused-ring (bicyclic) bond motifs is 3. The van der Waals surface area contributed by atoms with Gasteiger partial charge >= 0.3 is 0 Å². The highest BCUT2D eigenvalue weighted by Crippen LogP contribution is 2.44. The fourth-order valence-corrected chi connectivity index (χ4v) is 3.32. The quantitative estimate of drug-likeness (QED) is 0.776. The molecule has 6 nitrogen and oxygen atoms in total. The number of hydrogen-bond donors (Lipinski definition) is 2. The summed E-state index contributed by atoms with van der Waals surface area (Å²) >= 11 is 0. The maximum absolute atomic E-state index is 12.8. The second kappa shape index (κ2) is 4.42. The van der Waals surface area contributed by atoms with Crippen LogP contribution in [0.3, 0.4) is 0 Å². The van der Waals surface area contributed by atoms with E-state index >= 15 is 0 Å². The molecule has 3 amide bonds. The molecule has 0 aromatic heterocycles. The Bertz CT molecular complexity index is 877. The van der Waals surface area contributed by atoms with Crippen LogP contribution in [0.4, 0.5) is 11.4 Å². The van der Waals surface area contributed by atoms with Crippen molar-refractivity contribution in [2.45, 2.75) is 12.6 Å². The predicted molar refractivity (Wildman–Crippen MR) is 83.8 cm³/mol. The molecule has 0 saturated carbocycles. The number of carbonyl (C=O) groups excluding carboxylic acids is 3. The average molecular weight is 307 g/mol. The van der Waals surface area contributed by atoms with Crippen molar-refractivity contribution in [1.82, 2.24) is 5.32 Å². The van der Waals surface area contributed by atoms with Crippen molar-refractivity contribution in [1.29, 1.82) is 0 Å². The zero-order valence-electron chi connectivity index (χ0n) is 12.3. The Balaban J connectivity index is 2.05. The molecule has 0 unspecified atom stereocenters. The van der Waals surface area contributed by atoms with Gasteiger partial charge in [0.25, 0.3) is 11.8 Å². The zero-order valence-corrected chi connectivity index (χ0v) is 12.3. The summed E-state index contributed by atoms with van der Waals surface area (Å²) in [4.78, 5) is 39.0. The van der Waals surface area contributed by atoms with Gasteiger partial charge in [0.15, 0.2) is 0 Å². The van der Waals surface area contributed by atoms with Gasteiger partial charge < -0.3 is 10.6 Å². The number of nitrogens with zero attached hydrogens (tertiary/aromatic N) is 1. The van der Waals surface area contributed by atoms with Crippen LogP contribution < -0.4 is 15.5 Å². The topological polar surface area (TPSA) is 78.5 Å². The number of para-hydroxylation sites is 2. The van der Waals surface area contributed by atoms with E-state index in [2.05, 4.69) is 10.6 Å².